The standard InChI is InChI=1S/C20H28N4O2/c1-14-13-23(2)18-5-4-16(12-17(14)18)20(26)22-8-3-9-24-10-6-15(7-11-24)19(21)25/h4-5,12-13,15H,3,6-11H2,1-2H3,(H2,21,25)(H,22,26). The molecule has 3 rings (SSSR count). The number of likely N-dealkylation sites (tertiary alicyclic amines) is 1. The Morgan fingerprint density at radius 2 is 2.00 bits per heavy atom. The number of fused-ring (bicyclic) bond motifs is 1. The molecule has 2 heterocycles. The number of primary amides is 1. The van der Waals surface area contributed by atoms with Crippen LogP contribution in [0.15, 0.2) is 24.4 Å². The quantitative estimate of drug-likeness (QED) is 0.775. The molecule has 26 heavy (non-hydrogen) atoms. The van der Waals surface area contributed by atoms with Crippen molar-refractivity contribution in [3.8, 4) is 0 Å². The summed E-state index contributed by atoms with van der Waals surface area (Å²) in [6, 6.07) is 5.85. The Kier molecular flexibility index (Phi) is 5.61. The van der Waals surface area contributed by atoms with Gasteiger partial charge in [-0.2, -0.15) is 0 Å². The Balaban J connectivity index is 1.45. The summed E-state index contributed by atoms with van der Waals surface area (Å²) in [7, 11) is 2.02. The Bertz CT molecular complexity index is 803. The number of nitrogens with two attached hydrogens (primary N) is 1. The van der Waals surface area contributed by atoms with E-state index in [9.17, 15) is 9.59 Å². The van der Waals surface area contributed by atoms with Gasteiger partial charge in [-0.25, -0.2) is 0 Å². The van der Waals surface area contributed by atoms with E-state index in [0.29, 0.717) is 12.1 Å². The summed E-state index contributed by atoms with van der Waals surface area (Å²) in [5.41, 5.74) is 8.38. The largest absolute Gasteiger partial charge is 0.369 e. The molecule has 0 bridgehead atoms. The molecule has 0 saturated carbocycles. The van der Waals surface area contributed by atoms with Gasteiger partial charge >= 0.3 is 0 Å². The zero-order valence-electron chi connectivity index (χ0n) is 15.6. The fraction of sp³-hybridized carbons (Fsp3) is 0.500. The molecule has 1 aromatic carbocycles. The summed E-state index contributed by atoms with van der Waals surface area (Å²) in [6.45, 7) is 5.46. The number of carbonyl (C=O) groups is 2. The fourth-order valence-electron chi connectivity index (χ4n) is 3.78. The second-order valence-corrected chi connectivity index (χ2v) is 7.28. The summed E-state index contributed by atoms with van der Waals surface area (Å²) in [6.07, 6.45) is 4.67. The summed E-state index contributed by atoms with van der Waals surface area (Å²) in [4.78, 5) is 25.9. The first-order valence-corrected chi connectivity index (χ1v) is 9.31. The first kappa shape index (κ1) is 18.5. The molecule has 6 heteroatoms. The lowest BCUT2D eigenvalue weighted by atomic mass is 9.96. The van der Waals surface area contributed by atoms with Crippen LogP contribution in [0, 0.1) is 12.8 Å². The Hall–Kier alpha value is -2.34. The van der Waals surface area contributed by atoms with Crippen molar-refractivity contribution in [2.24, 2.45) is 18.7 Å². The third kappa shape index (κ3) is 4.07. The molecule has 6 nitrogen and oxygen atoms in total. The maximum atomic E-state index is 12.4. The number of carbonyl (C=O) groups excluding carboxylic acids is 2. The second-order valence-electron chi connectivity index (χ2n) is 7.28. The Labute approximate surface area is 154 Å². The maximum absolute atomic E-state index is 12.4. The average molecular weight is 356 g/mol. The highest BCUT2D eigenvalue weighted by molar-refractivity contribution is 5.98. The molecule has 1 aliphatic rings. The van der Waals surface area contributed by atoms with Crippen LogP contribution in [0.5, 0.6) is 0 Å². The maximum Gasteiger partial charge on any atom is 0.251 e. The van der Waals surface area contributed by atoms with Gasteiger partial charge in [-0.15, -0.1) is 0 Å². The van der Waals surface area contributed by atoms with Crippen LogP contribution in [0.25, 0.3) is 10.9 Å². The van der Waals surface area contributed by atoms with Crippen molar-refractivity contribution in [3.63, 3.8) is 0 Å². The van der Waals surface area contributed by atoms with Crippen LogP contribution in [0.4, 0.5) is 0 Å². The molecule has 3 N–H and O–H groups in total. The van der Waals surface area contributed by atoms with Crippen molar-refractivity contribution >= 4 is 22.7 Å². The number of nitrogens with one attached hydrogen (secondary N) is 1. The van der Waals surface area contributed by atoms with Crippen molar-refractivity contribution in [1.82, 2.24) is 14.8 Å². The van der Waals surface area contributed by atoms with Gasteiger partial charge in [0.2, 0.25) is 5.91 Å². The molecule has 2 amide bonds. The van der Waals surface area contributed by atoms with Crippen molar-refractivity contribution in [2.75, 3.05) is 26.2 Å². The third-order valence-electron chi connectivity index (χ3n) is 5.38. The van der Waals surface area contributed by atoms with Crippen molar-refractivity contribution < 1.29 is 9.59 Å². The summed E-state index contributed by atoms with van der Waals surface area (Å²) in [5.74, 6) is -0.174. The number of amides is 2. The predicted octanol–water partition coefficient (Wildman–Crippen LogP) is 1.80. The number of benzene rings is 1. The minimum atomic E-state index is -0.178. The zero-order valence-corrected chi connectivity index (χ0v) is 15.6. The van der Waals surface area contributed by atoms with Gasteiger partial charge in [0.05, 0.1) is 0 Å². The number of nitrogens with zero attached hydrogens (tertiary/aromatic N) is 2. The van der Waals surface area contributed by atoms with Gasteiger partial charge < -0.3 is 20.5 Å². The molecule has 1 aromatic heterocycles. The van der Waals surface area contributed by atoms with E-state index >= 15 is 0 Å². The first-order valence-electron chi connectivity index (χ1n) is 9.31. The van der Waals surface area contributed by atoms with Gasteiger partial charge in [0, 0.05) is 42.2 Å². The van der Waals surface area contributed by atoms with Gasteiger partial charge in [-0.3, -0.25) is 9.59 Å². The minimum absolute atomic E-state index is 0.0254. The van der Waals surface area contributed by atoms with E-state index in [0.717, 1.165) is 49.8 Å². The average Bonchev–Trinajstić information content (AvgIpc) is 2.92. The van der Waals surface area contributed by atoms with Gasteiger partial charge in [-0.1, -0.05) is 0 Å². The molecule has 1 saturated heterocycles. The molecule has 1 aliphatic heterocycles. The van der Waals surface area contributed by atoms with E-state index in [1.807, 2.05) is 25.2 Å². The van der Waals surface area contributed by atoms with Crippen molar-refractivity contribution in [1.29, 1.82) is 0 Å². The van der Waals surface area contributed by atoms with Crippen molar-refractivity contribution in [3.05, 3.63) is 35.5 Å². The lowest BCUT2D eigenvalue weighted by Crippen LogP contribution is -2.39. The first-order chi connectivity index (χ1) is 12.5. The Morgan fingerprint density at radius 1 is 1.27 bits per heavy atom. The normalized spacial score (nSPS) is 16.1. The Morgan fingerprint density at radius 3 is 2.69 bits per heavy atom. The summed E-state index contributed by atoms with van der Waals surface area (Å²) >= 11 is 0. The number of hydrogen-bond acceptors (Lipinski definition) is 3. The lowest BCUT2D eigenvalue weighted by molar-refractivity contribution is -0.123. The predicted molar refractivity (Wildman–Crippen MR) is 103 cm³/mol. The molecule has 0 radical (unpaired) electrons. The van der Waals surface area contributed by atoms with Gasteiger partial charge in [0.25, 0.3) is 5.91 Å². The van der Waals surface area contributed by atoms with Gasteiger partial charge in [0.1, 0.15) is 0 Å². The molecule has 0 aliphatic carbocycles. The number of hydrogen-bond donors (Lipinski definition) is 2. The van der Waals surface area contributed by atoms with Crippen LogP contribution < -0.4 is 11.1 Å². The highest BCUT2D eigenvalue weighted by Crippen LogP contribution is 2.21. The van der Waals surface area contributed by atoms with Gasteiger partial charge in [0.15, 0.2) is 0 Å². The molecule has 140 valence electrons. The van der Waals surface area contributed by atoms with E-state index in [4.69, 9.17) is 5.73 Å². The SMILES string of the molecule is Cc1cn(C)c2ccc(C(=O)NCCCN3CCC(C(N)=O)CC3)cc12. The highest BCUT2D eigenvalue weighted by atomic mass is 16.2. The topological polar surface area (TPSA) is 80.4 Å². The second kappa shape index (κ2) is 7.91. The molecule has 0 spiro atoms. The molecule has 2 aromatic rings. The molecule has 0 atom stereocenters. The summed E-state index contributed by atoms with van der Waals surface area (Å²) < 4.78 is 2.08. The molecular formula is C20H28N4O2. The van der Waals surface area contributed by atoms with E-state index < -0.39 is 0 Å². The highest BCUT2D eigenvalue weighted by Gasteiger charge is 2.22. The summed E-state index contributed by atoms with van der Waals surface area (Å²) in [5, 5.41) is 4.13. The third-order valence-corrected chi connectivity index (χ3v) is 5.38. The number of aromatic nitrogens is 1. The number of aryl methyl sites for hydroxylation is 2. The minimum Gasteiger partial charge on any atom is -0.369 e. The zero-order chi connectivity index (χ0) is 18.7. The lowest BCUT2D eigenvalue weighted by Gasteiger charge is -2.30. The van der Waals surface area contributed by atoms with Crippen molar-refractivity contribution in [2.45, 2.75) is 26.2 Å². The van der Waals surface area contributed by atoms with Crippen LogP contribution in [0.1, 0.15) is 35.2 Å². The smallest absolute Gasteiger partial charge is 0.251 e. The number of rotatable bonds is 6. The van der Waals surface area contributed by atoms with Crippen LogP contribution >= 0.6 is 0 Å². The van der Waals surface area contributed by atoms with Crippen LogP contribution in [0.2, 0.25) is 0 Å². The van der Waals surface area contributed by atoms with Gasteiger partial charge in [-0.05, 0) is 69.6 Å². The van der Waals surface area contributed by atoms with Crippen LogP contribution in [-0.4, -0.2) is 47.5 Å². The monoisotopic (exact) mass is 356 g/mol. The van der Waals surface area contributed by atoms with Crippen LogP contribution in [0.3, 0.4) is 0 Å². The molecular weight excluding hydrogens is 328 g/mol. The molecule has 0 unspecified atom stereocenters. The fourth-order valence-corrected chi connectivity index (χ4v) is 3.78. The number of piperidine rings is 1. The van der Waals surface area contributed by atoms with E-state index in [2.05, 4.69) is 27.9 Å². The van der Waals surface area contributed by atoms with E-state index in [1.165, 1.54) is 5.56 Å². The molecule has 1 fully saturated rings. The van der Waals surface area contributed by atoms with Crippen LogP contribution in [-0.2, 0) is 11.8 Å². The van der Waals surface area contributed by atoms with E-state index in [1.54, 1.807) is 0 Å². The van der Waals surface area contributed by atoms with E-state index in [-0.39, 0.29) is 17.7 Å².